The van der Waals surface area contributed by atoms with Gasteiger partial charge in [-0.2, -0.15) is 0 Å². The molecule has 14 heavy (non-hydrogen) atoms. The van der Waals surface area contributed by atoms with Crippen molar-refractivity contribution in [2.75, 3.05) is 0 Å². The van der Waals surface area contributed by atoms with E-state index in [-0.39, 0.29) is 5.82 Å². The van der Waals surface area contributed by atoms with Crippen LogP contribution in [0.4, 0.5) is 0 Å². The summed E-state index contributed by atoms with van der Waals surface area (Å²) in [6.45, 7) is 1.96. The third-order valence-corrected chi connectivity index (χ3v) is 1.93. The molecule has 4 heteroatoms. The molecule has 1 aromatic heterocycles. The molecule has 0 saturated heterocycles. The van der Waals surface area contributed by atoms with Crippen molar-refractivity contribution in [3.63, 3.8) is 0 Å². The molecule has 2 rings (SSSR count). The minimum Gasteiger partial charge on any atom is -0.475 e. The van der Waals surface area contributed by atoms with Crippen molar-refractivity contribution in [1.29, 1.82) is 0 Å². The third-order valence-electron chi connectivity index (χ3n) is 1.93. The van der Waals surface area contributed by atoms with Gasteiger partial charge in [0.2, 0.25) is 5.82 Å². The molecule has 0 radical (unpaired) electrons. The van der Waals surface area contributed by atoms with Crippen molar-refractivity contribution in [2.45, 2.75) is 6.92 Å². The van der Waals surface area contributed by atoms with Crippen LogP contribution in [-0.4, -0.2) is 21.0 Å². The summed E-state index contributed by atoms with van der Waals surface area (Å²) in [4.78, 5) is 18.2. The van der Waals surface area contributed by atoms with Crippen molar-refractivity contribution < 1.29 is 9.90 Å². The second-order valence-electron chi connectivity index (χ2n) is 3.06. The van der Waals surface area contributed by atoms with Gasteiger partial charge >= 0.3 is 5.97 Å². The molecule has 4 nitrogen and oxygen atoms in total. The number of nitrogens with zero attached hydrogens (tertiary/aromatic N) is 2. The summed E-state index contributed by atoms with van der Waals surface area (Å²) in [7, 11) is 0. The van der Waals surface area contributed by atoms with Gasteiger partial charge in [0, 0.05) is 11.6 Å². The van der Waals surface area contributed by atoms with Gasteiger partial charge in [-0.3, -0.25) is 0 Å². The smallest absolute Gasteiger partial charge is 0.373 e. The maximum absolute atomic E-state index is 10.6. The standard InChI is InChI=1S/C10H8N2O2/c1-6-2-3-8-7(4-6)5-11-9(12-8)10(13)14/h2-5H,1H3,(H,13,14). The molecule has 0 aliphatic carbocycles. The van der Waals surface area contributed by atoms with E-state index in [4.69, 9.17) is 5.11 Å². The van der Waals surface area contributed by atoms with Crippen LogP contribution in [0.3, 0.4) is 0 Å². The highest BCUT2D eigenvalue weighted by atomic mass is 16.4. The second-order valence-corrected chi connectivity index (χ2v) is 3.06. The predicted molar refractivity (Wildman–Crippen MR) is 51.2 cm³/mol. The number of aromatic carboxylic acids is 1. The highest BCUT2D eigenvalue weighted by molar-refractivity contribution is 5.87. The minimum atomic E-state index is -1.10. The summed E-state index contributed by atoms with van der Waals surface area (Å²) in [6, 6.07) is 5.60. The maximum atomic E-state index is 10.6. The number of hydrogen-bond donors (Lipinski definition) is 1. The van der Waals surface area contributed by atoms with Crippen LogP contribution >= 0.6 is 0 Å². The van der Waals surface area contributed by atoms with Gasteiger partial charge in [-0.25, -0.2) is 14.8 Å². The Kier molecular flexibility index (Phi) is 1.89. The van der Waals surface area contributed by atoms with Crippen molar-refractivity contribution in [1.82, 2.24) is 9.97 Å². The van der Waals surface area contributed by atoms with E-state index in [0.29, 0.717) is 5.52 Å². The number of aryl methyl sites for hydroxylation is 1. The Morgan fingerprint density at radius 3 is 2.93 bits per heavy atom. The summed E-state index contributed by atoms with van der Waals surface area (Å²) >= 11 is 0. The maximum Gasteiger partial charge on any atom is 0.373 e. The normalized spacial score (nSPS) is 10.4. The molecular formula is C10H8N2O2. The summed E-state index contributed by atoms with van der Waals surface area (Å²) < 4.78 is 0. The fourth-order valence-corrected chi connectivity index (χ4v) is 1.26. The second kappa shape index (κ2) is 3.06. The largest absolute Gasteiger partial charge is 0.475 e. The van der Waals surface area contributed by atoms with Gasteiger partial charge in [0.1, 0.15) is 0 Å². The van der Waals surface area contributed by atoms with E-state index >= 15 is 0 Å². The number of benzene rings is 1. The first-order chi connectivity index (χ1) is 6.66. The molecule has 1 N–H and O–H groups in total. The first kappa shape index (κ1) is 8.62. The summed E-state index contributed by atoms with van der Waals surface area (Å²) in [6.07, 6.45) is 1.53. The molecule has 0 aliphatic rings. The molecule has 1 heterocycles. The highest BCUT2D eigenvalue weighted by Crippen LogP contribution is 2.12. The number of carboxylic acids is 1. The lowest BCUT2D eigenvalue weighted by Crippen LogP contribution is -2.03. The van der Waals surface area contributed by atoms with Gasteiger partial charge in [-0.1, -0.05) is 11.6 Å². The van der Waals surface area contributed by atoms with Crippen molar-refractivity contribution in [3.05, 3.63) is 35.8 Å². The van der Waals surface area contributed by atoms with Crippen LogP contribution in [0.25, 0.3) is 10.9 Å². The van der Waals surface area contributed by atoms with Crippen LogP contribution < -0.4 is 0 Å². The van der Waals surface area contributed by atoms with E-state index in [1.165, 1.54) is 6.20 Å². The average Bonchev–Trinajstić information content (AvgIpc) is 2.16. The van der Waals surface area contributed by atoms with Crippen LogP contribution in [0, 0.1) is 6.92 Å². The van der Waals surface area contributed by atoms with Crippen LogP contribution in [0.5, 0.6) is 0 Å². The molecule has 70 valence electrons. The summed E-state index contributed by atoms with van der Waals surface area (Å²) in [5.41, 5.74) is 1.76. The van der Waals surface area contributed by atoms with Gasteiger partial charge < -0.3 is 5.11 Å². The van der Waals surface area contributed by atoms with Crippen molar-refractivity contribution >= 4 is 16.9 Å². The molecule has 0 amide bonds. The van der Waals surface area contributed by atoms with E-state index in [1.807, 2.05) is 19.1 Å². The summed E-state index contributed by atoms with van der Waals surface area (Å²) in [5, 5.41) is 9.53. The molecular weight excluding hydrogens is 180 g/mol. The zero-order chi connectivity index (χ0) is 10.1. The lowest BCUT2D eigenvalue weighted by molar-refractivity contribution is 0.0684. The number of aromatic nitrogens is 2. The van der Waals surface area contributed by atoms with E-state index in [9.17, 15) is 4.79 Å². The number of hydrogen-bond acceptors (Lipinski definition) is 3. The Bertz CT molecular complexity index is 508. The Morgan fingerprint density at radius 1 is 1.43 bits per heavy atom. The Labute approximate surface area is 80.2 Å². The third kappa shape index (κ3) is 1.42. The van der Waals surface area contributed by atoms with Gasteiger partial charge in [-0.15, -0.1) is 0 Å². The molecule has 2 aromatic rings. The first-order valence-electron chi connectivity index (χ1n) is 4.13. The molecule has 0 bridgehead atoms. The Morgan fingerprint density at radius 2 is 2.21 bits per heavy atom. The Balaban J connectivity index is 2.67. The van der Waals surface area contributed by atoms with Crippen LogP contribution in [0.2, 0.25) is 0 Å². The van der Waals surface area contributed by atoms with Gasteiger partial charge in [0.25, 0.3) is 0 Å². The molecule has 1 aromatic carbocycles. The van der Waals surface area contributed by atoms with E-state index < -0.39 is 5.97 Å². The van der Waals surface area contributed by atoms with E-state index in [0.717, 1.165) is 10.9 Å². The van der Waals surface area contributed by atoms with Crippen LogP contribution in [-0.2, 0) is 0 Å². The van der Waals surface area contributed by atoms with Crippen molar-refractivity contribution in [2.24, 2.45) is 0 Å². The first-order valence-corrected chi connectivity index (χ1v) is 4.13. The Hall–Kier alpha value is -1.97. The highest BCUT2D eigenvalue weighted by Gasteiger charge is 2.06. The average molecular weight is 188 g/mol. The minimum absolute atomic E-state index is 0.165. The van der Waals surface area contributed by atoms with Gasteiger partial charge in [0.15, 0.2) is 0 Å². The molecule has 0 unspecified atom stereocenters. The fourth-order valence-electron chi connectivity index (χ4n) is 1.26. The number of carboxylic acid groups (broad SMARTS) is 1. The molecule has 0 aliphatic heterocycles. The van der Waals surface area contributed by atoms with Gasteiger partial charge in [-0.05, 0) is 19.1 Å². The zero-order valence-corrected chi connectivity index (χ0v) is 7.56. The molecule has 0 spiro atoms. The topological polar surface area (TPSA) is 63.1 Å². The monoisotopic (exact) mass is 188 g/mol. The molecule has 0 saturated carbocycles. The predicted octanol–water partition coefficient (Wildman–Crippen LogP) is 1.64. The van der Waals surface area contributed by atoms with Crippen LogP contribution in [0.15, 0.2) is 24.4 Å². The lowest BCUT2D eigenvalue weighted by Gasteiger charge is -1.98. The number of carbonyl (C=O) groups is 1. The van der Waals surface area contributed by atoms with Crippen molar-refractivity contribution in [3.8, 4) is 0 Å². The lowest BCUT2D eigenvalue weighted by atomic mass is 10.2. The molecule has 0 atom stereocenters. The molecule has 0 fully saturated rings. The number of rotatable bonds is 1. The SMILES string of the molecule is Cc1ccc2nc(C(=O)O)ncc2c1. The van der Waals surface area contributed by atoms with E-state index in [1.54, 1.807) is 6.07 Å². The summed E-state index contributed by atoms with van der Waals surface area (Å²) in [5.74, 6) is -1.27. The van der Waals surface area contributed by atoms with E-state index in [2.05, 4.69) is 9.97 Å². The fraction of sp³-hybridized carbons (Fsp3) is 0.100. The van der Waals surface area contributed by atoms with Crippen LogP contribution in [0.1, 0.15) is 16.2 Å². The zero-order valence-electron chi connectivity index (χ0n) is 7.56. The van der Waals surface area contributed by atoms with Gasteiger partial charge in [0.05, 0.1) is 5.52 Å². The number of fused-ring (bicyclic) bond motifs is 1. The quantitative estimate of drug-likeness (QED) is 0.738.